The molecular formula is C16H22N2. The lowest BCUT2D eigenvalue weighted by atomic mass is 9.74. The maximum Gasteiger partial charge on any atom is 0.0662 e. The average molecular weight is 242 g/mol. The van der Waals surface area contributed by atoms with Crippen LogP contribution >= 0.6 is 0 Å². The molecule has 1 aromatic rings. The summed E-state index contributed by atoms with van der Waals surface area (Å²) in [6.07, 6.45) is 0.969. The smallest absolute Gasteiger partial charge is 0.0662 e. The van der Waals surface area contributed by atoms with Gasteiger partial charge in [-0.2, -0.15) is 5.26 Å². The second-order valence-corrected chi connectivity index (χ2v) is 6.17. The van der Waals surface area contributed by atoms with Crippen LogP contribution in [0.4, 0.5) is 5.69 Å². The highest BCUT2D eigenvalue weighted by atomic mass is 15.1. The Morgan fingerprint density at radius 2 is 2.06 bits per heavy atom. The zero-order valence-electron chi connectivity index (χ0n) is 11.8. The lowest BCUT2D eigenvalue weighted by Gasteiger charge is -2.43. The van der Waals surface area contributed by atoms with Crippen molar-refractivity contribution in [2.24, 2.45) is 11.3 Å². The summed E-state index contributed by atoms with van der Waals surface area (Å²) in [4.78, 5) is 2.43. The topological polar surface area (TPSA) is 27.0 Å². The van der Waals surface area contributed by atoms with Crippen molar-refractivity contribution in [1.29, 1.82) is 5.26 Å². The summed E-state index contributed by atoms with van der Waals surface area (Å²) in [7, 11) is 0. The van der Waals surface area contributed by atoms with Gasteiger partial charge in [0.2, 0.25) is 0 Å². The Bertz CT molecular complexity index is 482. The zero-order valence-corrected chi connectivity index (χ0v) is 11.8. The number of nitriles is 1. The molecule has 0 spiro atoms. The molecule has 18 heavy (non-hydrogen) atoms. The molecule has 0 aliphatic carbocycles. The summed E-state index contributed by atoms with van der Waals surface area (Å²) < 4.78 is 0. The molecule has 1 atom stereocenters. The highest BCUT2D eigenvalue weighted by molar-refractivity contribution is 5.55. The Hall–Kier alpha value is -1.49. The molecule has 2 nitrogen and oxygen atoms in total. The molecule has 0 N–H and O–H groups in total. The van der Waals surface area contributed by atoms with Crippen LogP contribution in [0, 0.1) is 36.5 Å². The normalized spacial score (nSPS) is 22.6. The molecular weight excluding hydrogens is 220 g/mol. The Balaban J connectivity index is 2.24. The minimum absolute atomic E-state index is 0.0737. The fraction of sp³-hybridized carbons (Fsp3) is 0.562. The summed E-state index contributed by atoms with van der Waals surface area (Å²) in [5.74, 6) is 0.180. The minimum atomic E-state index is 0.0737. The second-order valence-electron chi connectivity index (χ2n) is 6.17. The molecule has 2 rings (SSSR count). The van der Waals surface area contributed by atoms with Crippen LogP contribution in [0.15, 0.2) is 18.2 Å². The fourth-order valence-corrected chi connectivity index (χ4v) is 2.96. The number of piperidine rings is 1. The van der Waals surface area contributed by atoms with E-state index in [0.29, 0.717) is 0 Å². The van der Waals surface area contributed by atoms with Crippen LogP contribution in [0.1, 0.15) is 31.4 Å². The van der Waals surface area contributed by atoms with E-state index in [1.807, 2.05) is 0 Å². The monoisotopic (exact) mass is 242 g/mol. The highest BCUT2D eigenvalue weighted by Gasteiger charge is 2.36. The van der Waals surface area contributed by atoms with E-state index in [1.165, 1.54) is 16.8 Å². The maximum atomic E-state index is 9.21. The number of nitrogens with zero attached hydrogens (tertiary/aromatic N) is 2. The highest BCUT2D eigenvalue weighted by Crippen LogP contribution is 2.37. The third kappa shape index (κ3) is 2.36. The van der Waals surface area contributed by atoms with Gasteiger partial charge in [0.05, 0.1) is 12.0 Å². The molecule has 1 fully saturated rings. The molecule has 0 amide bonds. The third-order valence-corrected chi connectivity index (χ3v) is 4.08. The quantitative estimate of drug-likeness (QED) is 0.751. The van der Waals surface area contributed by atoms with E-state index in [9.17, 15) is 5.26 Å². The van der Waals surface area contributed by atoms with Crippen LogP contribution in [0.2, 0.25) is 0 Å². The summed E-state index contributed by atoms with van der Waals surface area (Å²) in [6, 6.07) is 9.09. The first kappa shape index (κ1) is 13.0. The molecule has 1 aromatic carbocycles. The fourth-order valence-electron chi connectivity index (χ4n) is 2.96. The Labute approximate surface area is 110 Å². The van der Waals surface area contributed by atoms with Crippen LogP contribution in [-0.4, -0.2) is 13.1 Å². The van der Waals surface area contributed by atoms with E-state index in [-0.39, 0.29) is 11.3 Å². The van der Waals surface area contributed by atoms with Gasteiger partial charge >= 0.3 is 0 Å². The van der Waals surface area contributed by atoms with Gasteiger partial charge in [-0.25, -0.2) is 0 Å². The third-order valence-electron chi connectivity index (χ3n) is 4.08. The van der Waals surface area contributed by atoms with Crippen molar-refractivity contribution in [2.75, 3.05) is 18.0 Å². The predicted molar refractivity (Wildman–Crippen MR) is 75.6 cm³/mol. The first-order valence-corrected chi connectivity index (χ1v) is 6.66. The van der Waals surface area contributed by atoms with E-state index in [1.54, 1.807) is 0 Å². The van der Waals surface area contributed by atoms with E-state index in [4.69, 9.17) is 0 Å². The average Bonchev–Trinajstić information content (AvgIpc) is 2.27. The molecule has 1 aliphatic rings. The van der Waals surface area contributed by atoms with Gasteiger partial charge in [-0.05, 0) is 37.3 Å². The van der Waals surface area contributed by atoms with E-state index in [0.717, 1.165) is 19.5 Å². The van der Waals surface area contributed by atoms with Crippen LogP contribution in [0.5, 0.6) is 0 Å². The molecule has 1 aliphatic heterocycles. The van der Waals surface area contributed by atoms with Crippen molar-refractivity contribution in [3.05, 3.63) is 29.3 Å². The van der Waals surface area contributed by atoms with Crippen molar-refractivity contribution in [1.82, 2.24) is 0 Å². The van der Waals surface area contributed by atoms with Gasteiger partial charge in [-0.3, -0.25) is 0 Å². The van der Waals surface area contributed by atoms with Crippen molar-refractivity contribution in [3.8, 4) is 6.07 Å². The van der Waals surface area contributed by atoms with Crippen molar-refractivity contribution < 1.29 is 0 Å². The first-order valence-electron chi connectivity index (χ1n) is 6.66. The molecule has 0 radical (unpaired) electrons. The molecule has 1 unspecified atom stereocenters. The van der Waals surface area contributed by atoms with Gasteiger partial charge in [-0.15, -0.1) is 0 Å². The summed E-state index contributed by atoms with van der Waals surface area (Å²) in [5.41, 5.74) is 4.04. The van der Waals surface area contributed by atoms with Crippen LogP contribution in [-0.2, 0) is 0 Å². The number of aryl methyl sites for hydroxylation is 2. The molecule has 0 aromatic heterocycles. The van der Waals surface area contributed by atoms with E-state index in [2.05, 4.69) is 56.9 Å². The molecule has 0 saturated carbocycles. The lowest BCUT2D eigenvalue weighted by Crippen LogP contribution is -2.45. The van der Waals surface area contributed by atoms with Crippen LogP contribution in [0.3, 0.4) is 0 Å². The number of benzene rings is 1. The first-order chi connectivity index (χ1) is 8.44. The van der Waals surface area contributed by atoms with Crippen molar-refractivity contribution in [3.63, 3.8) is 0 Å². The van der Waals surface area contributed by atoms with Gasteiger partial charge in [0.25, 0.3) is 0 Å². The Kier molecular flexibility index (Phi) is 3.34. The van der Waals surface area contributed by atoms with Gasteiger partial charge in [0.1, 0.15) is 0 Å². The second kappa shape index (κ2) is 4.65. The van der Waals surface area contributed by atoms with Crippen molar-refractivity contribution in [2.45, 2.75) is 34.1 Å². The Morgan fingerprint density at radius 3 is 2.61 bits per heavy atom. The molecule has 0 bridgehead atoms. The van der Waals surface area contributed by atoms with Crippen LogP contribution in [0.25, 0.3) is 0 Å². The number of hydrogen-bond donors (Lipinski definition) is 0. The van der Waals surface area contributed by atoms with E-state index < -0.39 is 0 Å². The number of anilines is 1. The maximum absolute atomic E-state index is 9.21. The number of hydrogen-bond acceptors (Lipinski definition) is 2. The van der Waals surface area contributed by atoms with Crippen molar-refractivity contribution >= 4 is 5.69 Å². The Morgan fingerprint density at radius 1 is 1.33 bits per heavy atom. The largest absolute Gasteiger partial charge is 0.371 e. The van der Waals surface area contributed by atoms with Gasteiger partial charge in [0.15, 0.2) is 0 Å². The molecule has 96 valence electrons. The minimum Gasteiger partial charge on any atom is -0.371 e. The summed E-state index contributed by atoms with van der Waals surface area (Å²) in [5, 5.41) is 9.21. The van der Waals surface area contributed by atoms with E-state index >= 15 is 0 Å². The van der Waals surface area contributed by atoms with Gasteiger partial charge < -0.3 is 4.90 Å². The number of rotatable bonds is 1. The predicted octanol–water partition coefficient (Wildman–Crippen LogP) is 3.68. The standard InChI is InChI=1S/C16H22N2/c1-12-5-6-15(13(2)9-12)18-8-7-14(10-17)16(3,4)11-18/h5-6,9,14H,7-8,11H2,1-4H3. The summed E-state index contributed by atoms with van der Waals surface area (Å²) in [6.45, 7) is 10.7. The zero-order chi connectivity index (χ0) is 13.3. The SMILES string of the molecule is Cc1ccc(N2CCC(C#N)C(C)(C)C2)c(C)c1. The lowest BCUT2D eigenvalue weighted by molar-refractivity contribution is 0.226. The molecule has 2 heteroatoms. The molecule has 1 saturated heterocycles. The van der Waals surface area contributed by atoms with Crippen LogP contribution < -0.4 is 4.90 Å². The summed E-state index contributed by atoms with van der Waals surface area (Å²) >= 11 is 0. The van der Waals surface area contributed by atoms with Gasteiger partial charge in [0, 0.05) is 18.8 Å². The molecule has 1 heterocycles. The van der Waals surface area contributed by atoms with Gasteiger partial charge in [-0.1, -0.05) is 31.5 Å².